The Morgan fingerprint density at radius 2 is 1.94 bits per heavy atom. The number of β-amino-alcohol motifs (C(OH)–C–C–N with tert-alkyl or cyclic N) is 1. The number of benzene rings is 1. The van der Waals surface area contributed by atoms with Crippen LogP contribution in [-0.4, -0.2) is 67.9 Å². The van der Waals surface area contributed by atoms with Crippen LogP contribution in [0.3, 0.4) is 0 Å². The molecule has 1 aliphatic rings. The fourth-order valence-corrected chi connectivity index (χ4v) is 4.22. The molecule has 2 aromatic heterocycles. The van der Waals surface area contributed by atoms with Gasteiger partial charge in [-0.3, -0.25) is 14.7 Å². The van der Waals surface area contributed by atoms with Crippen molar-refractivity contribution in [3.05, 3.63) is 76.5 Å². The molecule has 168 valence electrons. The van der Waals surface area contributed by atoms with Gasteiger partial charge >= 0.3 is 6.09 Å². The van der Waals surface area contributed by atoms with Gasteiger partial charge in [-0.15, -0.1) is 0 Å². The summed E-state index contributed by atoms with van der Waals surface area (Å²) < 4.78 is 15.1. The molecule has 3 aromatic rings. The van der Waals surface area contributed by atoms with Gasteiger partial charge in [-0.25, -0.2) is 9.18 Å². The fraction of sp³-hybridized carbons (Fsp3) is 0.348. The molecule has 1 fully saturated rings. The number of likely N-dealkylation sites (tertiary alicyclic amines) is 1. The third-order valence-electron chi connectivity index (χ3n) is 5.87. The van der Waals surface area contributed by atoms with Crippen LogP contribution in [0.1, 0.15) is 5.56 Å². The van der Waals surface area contributed by atoms with Gasteiger partial charge in [0, 0.05) is 57.3 Å². The summed E-state index contributed by atoms with van der Waals surface area (Å²) >= 11 is 0. The average molecular weight is 440 g/mol. The second-order valence-corrected chi connectivity index (χ2v) is 8.12. The summed E-state index contributed by atoms with van der Waals surface area (Å²) in [7, 11) is 0. The van der Waals surface area contributed by atoms with Crippen LogP contribution in [0, 0.1) is 11.7 Å². The molecule has 9 heteroatoms. The van der Waals surface area contributed by atoms with Crippen molar-refractivity contribution < 1.29 is 19.4 Å². The normalized spacial score (nSPS) is 18.8. The van der Waals surface area contributed by atoms with Gasteiger partial charge in [-0.05, 0) is 11.6 Å². The number of carbonyl (C=O) groups is 1. The van der Waals surface area contributed by atoms with Gasteiger partial charge in [0.1, 0.15) is 5.82 Å². The topological polar surface area (TPSA) is 98.9 Å². The molecule has 0 unspecified atom stereocenters. The lowest BCUT2D eigenvalue weighted by Crippen LogP contribution is -2.37. The summed E-state index contributed by atoms with van der Waals surface area (Å²) in [6.07, 6.45) is -0.588. The van der Waals surface area contributed by atoms with Crippen molar-refractivity contribution in [3.63, 3.8) is 0 Å². The molecule has 3 heterocycles. The van der Waals surface area contributed by atoms with Crippen LogP contribution in [0.5, 0.6) is 0 Å². The maximum atomic E-state index is 13.7. The summed E-state index contributed by atoms with van der Waals surface area (Å²) in [6.45, 7) is 2.14. The standard InChI is InChI=1S/C23H25FN4O4/c24-18-10-20-19(25-11-18)6-7-22(30)28(20)9-8-26-13-17(21(29)15-26)14-27(23(31)32)12-16-4-2-1-3-5-16/h1-7,10-11,17,21,29H,8-9,12-15H2,(H,31,32)/t17-,21+/m0/s1. The van der Waals surface area contributed by atoms with Gasteiger partial charge in [0.15, 0.2) is 0 Å². The van der Waals surface area contributed by atoms with Crippen LogP contribution in [0.15, 0.2) is 59.5 Å². The molecule has 8 nitrogen and oxygen atoms in total. The number of nitrogens with zero attached hydrogens (tertiary/aromatic N) is 4. The molecule has 0 aliphatic carbocycles. The summed E-state index contributed by atoms with van der Waals surface area (Å²) in [6, 6.07) is 13.6. The predicted molar refractivity (Wildman–Crippen MR) is 117 cm³/mol. The first-order valence-corrected chi connectivity index (χ1v) is 10.5. The van der Waals surface area contributed by atoms with Crippen LogP contribution in [0.4, 0.5) is 9.18 Å². The van der Waals surface area contributed by atoms with Gasteiger partial charge < -0.3 is 19.7 Å². The Balaban J connectivity index is 1.41. The lowest BCUT2D eigenvalue weighted by atomic mass is 10.1. The summed E-state index contributed by atoms with van der Waals surface area (Å²) in [5.74, 6) is -0.751. The van der Waals surface area contributed by atoms with Gasteiger partial charge in [0.25, 0.3) is 5.56 Å². The van der Waals surface area contributed by atoms with Crippen molar-refractivity contribution in [1.82, 2.24) is 19.4 Å². The number of aliphatic hydroxyl groups excluding tert-OH is 1. The molecule has 2 N–H and O–H groups in total. The number of halogens is 1. The number of rotatable bonds is 7. The minimum atomic E-state index is -1.03. The second kappa shape index (κ2) is 9.46. The highest BCUT2D eigenvalue weighted by Crippen LogP contribution is 2.20. The van der Waals surface area contributed by atoms with E-state index in [1.54, 1.807) is 6.07 Å². The Hall–Kier alpha value is -3.30. The number of hydrogen-bond acceptors (Lipinski definition) is 5. The van der Waals surface area contributed by atoms with E-state index in [0.717, 1.165) is 11.8 Å². The highest BCUT2D eigenvalue weighted by Gasteiger charge is 2.33. The number of fused-ring (bicyclic) bond motifs is 1. The Morgan fingerprint density at radius 1 is 1.16 bits per heavy atom. The quantitative estimate of drug-likeness (QED) is 0.583. The zero-order chi connectivity index (χ0) is 22.7. The number of aliphatic hydroxyl groups is 1. The molecule has 1 aliphatic heterocycles. The number of carboxylic acid groups (broad SMARTS) is 1. The van der Waals surface area contributed by atoms with Crippen LogP contribution >= 0.6 is 0 Å². The van der Waals surface area contributed by atoms with E-state index in [2.05, 4.69) is 4.98 Å². The van der Waals surface area contributed by atoms with Gasteiger partial charge in [0.05, 0.1) is 23.3 Å². The zero-order valence-electron chi connectivity index (χ0n) is 17.5. The predicted octanol–water partition coefficient (Wildman–Crippen LogP) is 2.01. The van der Waals surface area contributed by atoms with Crippen LogP contribution in [0.2, 0.25) is 0 Å². The van der Waals surface area contributed by atoms with E-state index in [4.69, 9.17) is 0 Å². The van der Waals surface area contributed by atoms with E-state index < -0.39 is 18.0 Å². The van der Waals surface area contributed by atoms with Gasteiger partial charge in [-0.2, -0.15) is 0 Å². The Bertz CT molecular complexity index is 1150. The number of aromatic nitrogens is 2. The van der Waals surface area contributed by atoms with E-state index in [1.807, 2.05) is 35.2 Å². The van der Waals surface area contributed by atoms with Crippen molar-refractivity contribution in [3.8, 4) is 0 Å². The van der Waals surface area contributed by atoms with Crippen LogP contribution < -0.4 is 5.56 Å². The van der Waals surface area contributed by atoms with E-state index in [-0.39, 0.29) is 24.6 Å². The molecule has 1 amide bonds. The Kier molecular flexibility index (Phi) is 6.48. The third kappa shape index (κ3) is 4.95. The first-order chi connectivity index (χ1) is 15.4. The highest BCUT2D eigenvalue weighted by atomic mass is 19.1. The minimum Gasteiger partial charge on any atom is -0.465 e. The van der Waals surface area contributed by atoms with Crippen LogP contribution in [-0.2, 0) is 13.1 Å². The SMILES string of the molecule is O=C(O)N(Cc1ccccc1)C[C@@H]1CN(CCn2c(=O)ccc3ncc(F)cc32)C[C@H]1O. The molecule has 0 spiro atoms. The van der Waals surface area contributed by atoms with E-state index in [9.17, 15) is 24.2 Å². The van der Waals surface area contributed by atoms with Crippen molar-refractivity contribution in [2.45, 2.75) is 19.2 Å². The van der Waals surface area contributed by atoms with Crippen LogP contribution in [0.25, 0.3) is 11.0 Å². The second-order valence-electron chi connectivity index (χ2n) is 8.12. The highest BCUT2D eigenvalue weighted by molar-refractivity contribution is 5.74. The molecule has 1 saturated heterocycles. The van der Waals surface area contributed by atoms with E-state index in [0.29, 0.717) is 37.2 Å². The number of amides is 1. The molecule has 1 aromatic carbocycles. The smallest absolute Gasteiger partial charge is 0.407 e. The summed E-state index contributed by atoms with van der Waals surface area (Å²) in [5.41, 5.74) is 1.59. The maximum Gasteiger partial charge on any atom is 0.407 e. The Labute approximate surface area is 184 Å². The molecular weight excluding hydrogens is 415 g/mol. The monoisotopic (exact) mass is 440 g/mol. The number of hydrogen-bond donors (Lipinski definition) is 2. The molecule has 0 radical (unpaired) electrons. The van der Waals surface area contributed by atoms with Crippen molar-refractivity contribution in [2.75, 3.05) is 26.2 Å². The average Bonchev–Trinajstić information content (AvgIpc) is 3.12. The molecular formula is C23H25FN4O4. The minimum absolute atomic E-state index is 0.214. The van der Waals surface area contributed by atoms with Gasteiger partial charge in [0.2, 0.25) is 0 Å². The molecule has 2 atom stereocenters. The maximum absolute atomic E-state index is 13.7. The first-order valence-electron chi connectivity index (χ1n) is 10.5. The van der Waals surface area contributed by atoms with Crippen molar-refractivity contribution >= 4 is 17.1 Å². The lowest BCUT2D eigenvalue weighted by Gasteiger charge is -2.24. The van der Waals surface area contributed by atoms with Crippen molar-refractivity contribution in [2.24, 2.45) is 5.92 Å². The van der Waals surface area contributed by atoms with Crippen molar-refractivity contribution in [1.29, 1.82) is 0 Å². The van der Waals surface area contributed by atoms with E-state index in [1.165, 1.54) is 21.6 Å². The van der Waals surface area contributed by atoms with Gasteiger partial charge in [-0.1, -0.05) is 30.3 Å². The zero-order valence-corrected chi connectivity index (χ0v) is 17.5. The Morgan fingerprint density at radius 3 is 2.69 bits per heavy atom. The third-order valence-corrected chi connectivity index (χ3v) is 5.87. The number of pyridine rings is 2. The first kappa shape index (κ1) is 21.9. The molecule has 32 heavy (non-hydrogen) atoms. The largest absolute Gasteiger partial charge is 0.465 e. The molecule has 0 saturated carbocycles. The summed E-state index contributed by atoms with van der Waals surface area (Å²) in [4.78, 5) is 31.4. The molecule has 0 bridgehead atoms. The van der Waals surface area contributed by atoms with E-state index >= 15 is 0 Å². The fourth-order valence-electron chi connectivity index (χ4n) is 4.22. The summed E-state index contributed by atoms with van der Waals surface area (Å²) in [5, 5.41) is 20.1. The lowest BCUT2D eigenvalue weighted by molar-refractivity contribution is 0.0995. The molecule has 4 rings (SSSR count).